The molecule has 23 heavy (non-hydrogen) atoms. The number of rotatable bonds is 2. The highest BCUT2D eigenvalue weighted by Crippen LogP contribution is 2.31. The van der Waals surface area contributed by atoms with Crippen molar-refractivity contribution in [3.63, 3.8) is 0 Å². The molecule has 0 atom stereocenters. The summed E-state index contributed by atoms with van der Waals surface area (Å²) in [7, 11) is 0. The van der Waals surface area contributed by atoms with E-state index in [4.69, 9.17) is 16.6 Å². The SMILES string of the molecule is Clc1cccc2ccc(N3CCC(c4cccnc4)CC3)nc12. The molecule has 0 aliphatic carbocycles. The number of halogens is 1. The predicted octanol–water partition coefficient (Wildman–Crippen LogP) is 4.67. The van der Waals surface area contributed by atoms with Crippen molar-refractivity contribution in [1.82, 2.24) is 9.97 Å². The quantitative estimate of drug-likeness (QED) is 0.686. The molecule has 1 fully saturated rings. The van der Waals surface area contributed by atoms with Gasteiger partial charge >= 0.3 is 0 Å². The molecule has 3 nitrogen and oxygen atoms in total. The van der Waals surface area contributed by atoms with E-state index in [0.29, 0.717) is 5.92 Å². The van der Waals surface area contributed by atoms with Crippen LogP contribution < -0.4 is 4.90 Å². The summed E-state index contributed by atoms with van der Waals surface area (Å²) in [5, 5.41) is 1.81. The number of pyridine rings is 2. The number of fused-ring (bicyclic) bond motifs is 1. The lowest BCUT2D eigenvalue weighted by Gasteiger charge is -2.33. The second-order valence-corrected chi connectivity index (χ2v) is 6.44. The van der Waals surface area contributed by atoms with Crippen LogP contribution >= 0.6 is 11.6 Å². The van der Waals surface area contributed by atoms with Gasteiger partial charge in [0.1, 0.15) is 5.82 Å². The van der Waals surface area contributed by atoms with Crippen LogP contribution in [0.25, 0.3) is 10.9 Å². The maximum atomic E-state index is 6.28. The van der Waals surface area contributed by atoms with E-state index < -0.39 is 0 Å². The average molecular weight is 324 g/mol. The van der Waals surface area contributed by atoms with Gasteiger partial charge < -0.3 is 4.90 Å². The smallest absolute Gasteiger partial charge is 0.129 e. The lowest BCUT2D eigenvalue weighted by Crippen LogP contribution is -2.33. The van der Waals surface area contributed by atoms with Gasteiger partial charge in [-0.2, -0.15) is 0 Å². The first kappa shape index (κ1) is 14.5. The summed E-state index contributed by atoms with van der Waals surface area (Å²) in [4.78, 5) is 11.4. The van der Waals surface area contributed by atoms with Gasteiger partial charge in [0.15, 0.2) is 0 Å². The molecule has 0 N–H and O–H groups in total. The third-order valence-corrected chi connectivity index (χ3v) is 4.94. The number of nitrogens with zero attached hydrogens (tertiary/aromatic N) is 3. The summed E-state index contributed by atoms with van der Waals surface area (Å²) in [6, 6.07) is 14.3. The number of para-hydroxylation sites is 1. The van der Waals surface area contributed by atoms with Crippen molar-refractivity contribution in [2.75, 3.05) is 18.0 Å². The monoisotopic (exact) mass is 323 g/mol. The van der Waals surface area contributed by atoms with E-state index in [0.717, 1.165) is 47.7 Å². The van der Waals surface area contributed by atoms with Gasteiger partial charge in [0.2, 0.25) is 0 Å². The van der Waals surface area contributed by atoms with Gasteiger partial charge in [0.25, 0.3) is 0 Å². The van der Waals surface area contributed by atoms with E-state index in [1.165, 1.54) is 5.56 Å². The molecule has 4 rings (SSSR count). The Morgan fingerprint density at radius 2 is 1.87 bits per heavy atom. The Morgan fingerprint density at radius 1 is 1.00 bits per heavy atom. The summed E-state index contributed by atoms with van der Waals surface area (Å²) < 4.78 is 0. The molecule has 1 aliphatic rings. The first-order chi connectivity index (χ1) is 11.3. The van der Waals surface area contributed by atoms with E-state index in [9.17, 15) is 0 Å². The van der Waals surface area contributed by atoms with Crippen molar-refractivity contribution in [2.45, 2.75) is 18.8 Å². The summed E-state index contributed by atoms with van der Waals surface area (Å²) in [5.41, 5.74) is 2.24. The summed E-state index contributed by atoms with van der Waals surface area (Å²) >= 11 is 6.28. The van der Waals surface area contributed by atoms with Crippen LogP contribution in [0.3, 0.4) is 0 Å². The van der Waals surface area contributed by atoms with Gasteiger partial charge in [0, 0.05) is 30.9 Å². The summed E-state index contributed by atoms with van der Waals surface area (Å²) in [6.45, 7) is 2.03. The molecule has 1 saturated heterocycles. The molecule has 0 bridgehead atoms. The van der Waals surface area contributed by atoms with Crippen molar-refractivity contribution >= 4 is 28.3 Å². The minimum absolute atomic E-state index is 0.601. The highest BCUT2D eigenvalue weighted by Gasteiger charge is 2.21. The summed E-state index contributed by atoms with van der Waals surface area (Å²) in [5.74, 6) is 1.62. The Balaban J connectivity index is 1.53. The average Bonchev–Trinajstić information content (AvgIpc) is 2.63. The number of anilines is 1. The van der Waals surface area contributed by atoms with Gasteiger partial charge in [-0.15, -0.1) is 0 Å². The van der Waals surface area contributed by atoms with Crippen LogP contribution in [0.5, 0.6) is 0 Å². The van der Waals surface area contributed by atoms with Crippen molar-refractivity contribution in [3.05, 3.63) is 65.4 Å². The van der Waals surface area contributed by atoms with Crippen molar-refractivity contribution < 1.29 is 0 Å². The molecular weight excluding hydrogens is 306 g/mol. The third-order valence-electron chi connectivity index (χ3n) is 4.63. The van der Waals surface area contributed by atoms with Gasteiger partial charge in [-0.1, -0.05) is 29.8 Å². The maximum absolute atomic E-state index is 6.28. The van der Waals surface area contributed by atoms with E-state index in [1.807, 2.05) is 36.7 Å². The normalized spacial score (nSPS) is 16.0. The molecule has 1 aliphatic heterocycles. The lowest BCUT2D eigenvalue weighted by molar-refractivity contribution is 0.502. The highest BCUT2D eigenvalue weighted by atomic mass is 35.5. The van der Waals surface area contributed by atoms with E-state index in [-0.39, 0.29) is 0 Å². The molecule has 1 aromatic carbocycles. The molecule has 4 heteroatoms. The van der Waals surface area contributed by atoms with Crippen molar-refractivity contribution in [1.29, 1.82) is 0 Å². The van der Waals surface area contributed by atoms with Crippen LogP contribution in [-0.4, -0.2) is 23.1 Å². The summed E-state index contributed by atoms with van der Waals surface area (Å²) in [6.07, 6.45) is 6.09. The number of piperidine rings is 1. The molecule has 0 radical (unpaired) electrons. The standard InChI is InChI=1S/C19H18ClN3/c20-17-5-1-3-15-6-7-18(22-19(15)17)23-11-8-14(9-12-23)16-4-2-10-21-13-16/h1-7,10,13-14H,8-9,11-12H2. The van der Waals surface area contributed by atoms with Gasteiger partial charge in [0.05, 0.1) is 10.5 Å². The fourth-order valence-corrected chi connectivity index (χ4v) is 3.56. The third kappa shape index (κ3) is 2.89. The van der Waals surface area contributed by atoms with Crippen LogP contribution in [0.1, 0.15) is 24.3 Å². The first-order valence-corrected chi connectivity index (χ1v) is 8.39. The molecule has 0 saturated carbocycles. The molecule has 3 aromatic rings. The maximum Gasteiger partial charge on any atom is 0.129 e. The van der Waals surface area contributed by atoms with Gasteiger partial charge in [-0.05, 0) is 48.6 Å². The second-order valence-electron chi connectivity index (χ2n) is 6.03. The molecule has 0 unspecified atom stereocenters. The zero-order valence-corrected chi connectivity index (χ0v) is 13.6. The van der Waals surface area contributed by atoms with Crippen LogP contribution in [-0.2, 0) is 0 Å². The molecule has 2 aromatic heterocycles. The van der Waals surface area contributed by atoms with Crippen LogP contribution in [0.2, 0.25) is 5.02 Å². The van der Waals surface area contributed by atoms with Crippen LogP contribution in [0, 0.1) is 0 Å². The van der Waals surface area contributed by atoms with Crippen LogP contribution in [0.15, 0.2) is 54.9 Å². The Morgan fingerprint density at radius 3 is 2.65 bits per heavy atom. The Bertz CT molecular complexity index is 811. The second kappa shape index (κ2) is 6.17. The number of benzene rings is 1. The molecule has 3 heterocycles. The fraction of sp³-hybridized carbons (Fsp3) is 0.263. The van der Waals surface area contributed by atoms with E-state index in [2.05, 4.69) is 28.1 Å². The van der Waals surface area contributed by atoms with Crippen molar-refractivity contribution in [3.8, 4) is 0 Å². The highest BCUT2D eigenvalue weighted by molar-refractivity contribution is 6.35. The Hall–Kier alpha value is -2.13. The van der Waals surface area contributed by atoms with E-state index in [1.54, 1.807) is 0 Å². The van der Waals surface area contributed by atoms with Gasteiger partial charge in [-0.25, -0.2) is 4.98 Å². The Kier molecular flexibility index (Phi) is 3.88. The minimum atomic E-state index is 0.601. The van der Waals surface area contributed by atoms with Crippen molar-refractivity contribution in [2.24, 2.45) is 0 Å². The zero-order chi connectivity index (χ0) is 15.6. The predicted molar refractivity (Wildman–Crippen MR) is 95.2 cm³/mol. The minimum Gasteiger partial charge on any atom is -0.357 e. The number of hydrogen-bond acceptors (Lipinski definition) is 3. The topological polar surface area (TPSA) is 29.0 Å². The molecule has 0 spiro atoms. The first-order valence-electron chi connectivity index (χ1n) is 8.01. The number of hydrogen-bond donors (Lipinski definition) is 0. The molecular formula is C19H18ClN3. The zero-order valence-electron chi connectivity index (χ0n) is 12.8. The molecule has 116 valence electrons. The largest absolute Gasteiger partial charge is 0.357 e. The number of aromatic nitrogens is 2. The van der Waals surface area contributed by atoms with E-state index >= 15 is 0 Å². The molecule has 0 amide bonds. The lowest BCUT2D eigenvalue weighted by atomic mass is 9.90. The fourth-order valence-electron chi connectivity index (χ4n) is 3.34. The Labute approximate surface area is 140 Å². The van der Waals surface area contributed by atoms with Gasteiger partial charge in [-0.3, -0.25) is 4.98 Å². The van der Waals surface area contributed by atoms with Crippen LogP contribution in [0.4, 0.5) is 5.82 Å².